The Morgan fingerprint density at radius 1 is 1.26 bits per heavy atom. The fourth-order valence-corrected chi connectivity index (χ4v) is 4.21. The van der Waals surface area contributed by atoms with Gasteiger partial charge in [0.05, 0.1) is 6.61 Å². The molecule has 0 unspecified atom stereocenters. The van der Waals surface area contributed by atoms with Gasteiger partial charge in [0.25, 0.3) is 0 Å². The molecule has 2 heterocycles. The van der Waals surface area contributed by atoms with Crippen molar-refractivity contribution in [2.24, 2.45) is 5.41 Å². The summed E-state index contributed by atoms with van der Waals surface area (Å²) in [6.07, 6.45) is 0. The molecule has 0 aliphatic carbocycles. The summed E-state index contributed by atoms with van der Waals surface area (Å²) in [5.74, 6) is 0.610. The van der Waals surface area contributed by atoms with Crippen molar-refractivity contribution in [2.45, 2.75) is 12.5 Å². The molecule has 142 valence electrons. The van der Waals surface area contributed by atoms with Crippen LogP contribution in [0.15, 0.2) is 48.5 Å². The lowest BCUT2D eigenvalue weighted by atomic mass is 9.73. The van der Waals surface area contributed by atoms with E-state index in [1.807, 2.05) is 48.5 Å². The molecule has 6 heteroatoms. The van der Waals surface area contributed by atoms with Gasteiger partial charge in [-0.2, -0.15) is 0 Å². The van der Waals surface area contributed by atoms with Crippen LogP contribution < -0.4 is 9.47 Å². The Bertz CT molecular complexity index is 839. The molecule has 2 aromatic rings. The molecule has 0 amide bonds. The molecule has 1 fully saturated rings. The SMILES string of the molecule is O=C(O)[C@]12COc3ccccc3[C@H]1CN(Cc1cccc(OCCO)c1)C2. The van der Waals surface area contributed by atoms with Gasteiger partial charge in [-0.1, -0.05) is 30.3 Å². The summed E-state index contributed by atoms with van der Waals surface area (Å²) in [6, 6.07) is 15.4. The summed E-state index contributed by atoms with van der Waals surface area (Å²) in [6.45, 7) is 2.19. The van der Waals surface area contributed by atoms with Crippen LogP contribution in [0.25, 0.3) is 0 Å². The maximum absolute atomic E-state index is 12.2. The first kappa shape index (κ1) is 17.8. The largest absolute Gasteiger partial charge is 0.492 e. The van der Waals surface area contributed by atoms with E-state index in [1.165, 1.54) is 0 Å². The number of fused-ring (bicyclic) bond motifs is 3. The fraction of sp³-hybridized carbons (Fsp3) is 0.381. The van der Waals surface area contributed by atoms with E-state index in [4.69, 9.17) is 14.6 Å². The van der Waals surface area contributed by atoms with Gasteiger partial charge in [0.15, 0.2) is 0 Å². The van der Waals surface area contributed by atoms with Crippen LogP contribution in [-0.4, -0.2) is 54.0 Å². The van der Waals surface area contributed by atoms with Crippen LogP contribution >= 0.6 is 0 Å². The van der Waals surface area contributed by atoms with Gasteiger partial charge in [-0.15, -0.1) is 0 Å². The molecule has 0 bridgehead atoms. The number of aliphatic hydroxyl groups excluding tert-OH is 1. The molecular weight excluding hydrogens is 346 g/mol. The maximum Gasteiger partial charge on any atom is 0.315 e. The van der Waals surface area contributed by atoms with Crippen molar-refractivity contribution in [1.29, 1.82) is 0 Å². The van der Waals surface area contributed by atoms with E-state index in [-0.39, 0.29) is 25.7 Å². The molecule has 2 aliphatic heterocycles. The van der Waals surface area contributed by atoms with Crippen LogP contribution in [0, 0.1) is 5.41 Å². The van der Waals surface area contributed by atoms with E-state index in [0.717, 1.165) is 16.9 Å². The third kappa shape index (κ3) is 3.26. The Balaban J connectivity index is 1.56. The fourth-order valence-electron chi connectivity index (χ4n) is 4.21. The van der Waals surface area contributed by atoms with Crippen molar-refractivity contribution in [3.05, 3.63) is 59.7 Å². The molecule has 6 nitrogen and oxygen atoms in total. The first-order chi connectivity index (χ1) is 13.1. The molecular formula is C21H23NO5. The van der Waals surface area contributed by atoms with Crippen LogP contribution in [0.2, 0.25) is 0 Å². The van der Waals surface area contributed by atoms with Gasteiger partial charge in [-0.3, -0.25) is 9.69 Å². The van der Waals surface area contributed by atoms with E-state index in [9.17, 15) is 9.90 Å². The van der Waals surface area contributed by atoms with Crippen LogP contribution in [-0.2, 0) is 11.3 Å². The Kier molecular flexibility index (Phi) is 4.76. The van der Waals surface area contributed by atoms with Crippen LogP contribution in [0.1, 0.15) is 17.0 Å². The number of carboxylic acid groups (broad SMARTS) is 1. The second-order valence-electron chi connectivity index (χ2n) is 7.23. The number of likely N-dealkylation sites (tertiary alicyclic amines) is 1. The quantitative estimate of drug-likeness (QED) is 0.812. The van der Waals surface area contributed by atoms with Gasteiger partial charge < -0.3 is 19.7 Å². The normalized spacial score (nSPS) is 24.0. The molecule has 0 saturated carbocycles. The first-order valence-corrected chi connectivity index (χ1v) is 9.12. The standard InChI is InChI=1S/C21H23NO5/c23-8-9-26-16-5-3-4-15(10-16)11-22-12-18-17-6-1-2-7-19(17)27-14-21(18,13-22)20(24)25/h1-7,10,18,23H,8-9,11-14H2,(H,24,25)/t18-,21-/m1/s1. The van der Waals surface area contributed by atoms with E-state index in [0.29, 0.717) is 25.4 Å². The minimum absolute atomic E-state index is 0.0292. The van der Waals surface area contributed by atoms with Crippen molar-refractivity contribution in [2.75, 3.05) is 32.9 Å². The van der Waals surface area contributed by atoms with Gasteiger partial charge in [0.2, 0.25) is 0 Å². The third-order valence-electron chi connectivity index (χ3n) is 5.48. The zero-order valence-corrected chi connectivity index (χ0v) is 15.0. The van der Waals surface area contributed by atoms with E-state index < -0.39 is 11.4 Å². The number of hydrogen-bond donors (Lipinski definition) is 2. The number of carbonyl (C=O) groups is 1. The summed E-state index contributed by atoms with van der Waals surface area (Å²) in [4.78, 5) is 14.4. The van der Waals surface area contributed by atoms with Crippen LogP contribution in [0.3, 0.4) is 0 Å². The highest BCUT2D eigenvalue weighted by atomic mass is 16.5. The van der Waals surface area contributed by atoms with Crippen molar-refractivity contribution in [3.8, 4) is 11.5 Å². The Morgan fingerprint density at radius 2 is 2.11 bits per heavy atom. The lowest BCUT2D eigenvalue weighted by Crippen LogP contribution is -2.45. The van der Waals surface area contributed by atoms with Crippen molar-refractivity contribution >= 4 is 5.97 Å². The molecule has 0 spiro atoms. The Hall–Kier alpha value is -2.57. The van der Waals surface area contributed by atoms with Crippen LogP contribution in [0.5, 0.6) is 11.5 Å². The number of benzene rings is 2. The van der Waals surface area contributed by atoms with Gasteiger partial charge in [0, 0.05) is 25.6 Å². The number of aliphatic carboxylic acids is 1. The van der Waals surface area contributed by atoms with Crippen LogP contribution in [0.4, 0.5) is 0 Å². The number of para-hydroxylation sites is 1. The average Bonchev–Trinajstić information content (AvgIpc) is 3.06. The first-order valence-electron chi connectivity index (χ1n) is 9.12. The predicted molar refractivity (Wildman–Crippen MR) is 99.0 cm³/mol. The maximum atomic E-state index is 12.2. The van der Waals surface area contributed by atoms with Crippen molar-refractivity contribution in [3.63, 3.8) is 0 Å². The van der Waals surface area contributed by atoms with Gasteiger partial charge in [-0.25, -0.2) is 0 Å². The average molecular weight is 369 g/mol. The lowest BCUT2D eigenvalue weighted by molar-refractivity contribution is -0.151. The third-order valence-corrected chi connectivity index (χ3v) is 5.48. The second kappa shape index (κ2) is 7.21. The molecule has 2 N–H and O–H groups in total. The van der Waals surface area contributed by atoms with E-state index in [2.05, 4.69) is 4.90 Å². The summed E-state index contributed by atoms with van der Waals surface area (Å²) in [5, 5.41) is 18.9. The number of ether oxygens (including phenoxy) is 2. The number of carboxylic acids is 1. The number of nitrogens with zero attached hydrogens (tertiary/aromatic N) is 1. The second-order valence-corrected chi connectivity index (χ2v) is 7.23. The van der Waals surface area contributed by atoms with E-state index >= 15 is 0 Å². The van der Waals surface area contributed by atoms with Crippen molar-refractivity contribution < 1.29 is 24.5 Å². The zero-order chi connectivity index (χ0) is 18.9. The smallest absolute Gasteiger partial charge is 0.315 e. The lowest BCUT2D eigenvalue weighted by Gasteiger charge is -2.35. The minimum atomic E-state index is -0.917. The highest BCUT2D eigenvalue weighted by Gasteiger charge is 2.56. The molecule has 2 aromatic carbocycles. The van der Waals surface area contributed by atoms with Gasteiger partial charge in [0.1, 0.15) is 30.1 Å². The van der Waals surface area contributed by atoms with Crippen molar-refractivity contribution in [1.82, 2.24) is 4.90 Å². The Morgan fingerprint density at radius 3 is 2.93 bits per heavy atom. The zero-order valence-electron chi connectivity index (χ0n) is 15.0. The monoisotopic (exact) mass is 369 g/mol. The van der Waals surface area contributed by atoms with Gasteiger partial charge >= 0.3 is 5.97 Å². The molecule has 4 rings (SSSR count). The van der Waals surface area contributed by atoms with Gasteiger partial charge in [-0.05, 0) is 29.3 Å². The Labute approximate surface area is 157 Å². The molecule has 0 aromatic heterocycles. The topological polar surface area (TPSA) is 79.2 Å². The summed E-state index contributed by atoms with van der Waals surface area (Å²) in [5.41, 5.74) is 1.12. The molecule has 27 heavy (non-hydrogen) atoms. The highest BCUT2D eigenvalue weighted by Crippen LogP contribution is 2.49. The molecule has 1 saturated heterocycles. The summed E-state index contributed by atoms with van der Waals surface area (Å²) < 4.78 is 11.3. The minimum Gasteiger partial charge on any atom is -0.492 e. The number of aliphatic hydroxyl groups is 1. The predicted octanol–water partition coefficient (Wildman–Crippen LogP) is 2.12. The number of rotatable bonds is 6. The summed E-state index contributed by atoms with van der Waals surface area (Å²) >= 11 is 0. The summed E-state index contributed by atoms with van der Waals surface area (Å²) in [7, 11) is 0. The molecule has 2 atom stereocenters. The molecule has 2 aliphatic rings. The highest BCUT2D eigenvalue weighted by molar-refractivity contribution is 5.78. The number of hydrogen-bond acceptors (Lipinski definition) is 5. The van der Waals surface area contributed by atoms with E-state index in [1.54, 1.807) is 0 Å². The molecule has 0 radical (unpaired) electrons.